The average Bonchev–Trinajstić information content (AvgIpc) is 2.21. The Morgan fingerprint density at radius 3 is 2.27 bits per heavy atom. The Kier molecular flexibility index (Phi) is 6.37. The van der Waals surface area contributed by atoms with E-state index in [1.165, 1.54) is 0 Å². The summed E-state index contributed by atoms with van der Waals surface area (Å²) in [5.74, 6) is -1.97. The van der Waals surface area contributed by atoms with Crippen molar-refractivity contribution in [3.05, 3.63) is 12.2 Å². The van der Waals surface area contributed by atoms with E-state index in [-0.39, 0.29) is 0 Å². The zero-order valence-electron chi connectivity index (χ0n) is 8.84. The number of carboxylic acids is 1. The second-order valence-corrected chi connectivity index (χ2v) is 3.03. The van der Waals surface area contributed by atoms with Gasteiger partial charge in [-0.25, -0.2) is 9.59 Å². The van der Waals surface area contributed by atoms with Crippen LogP contribution in [0.4, 0.5) is 0 Å². The van der Waals surface area contributed by atoms with Gasteiger partial charge >= 0.3 is 11.9 Å². The van der Waals surface area contributed by atoms with Gasteiger partial charge in [0.25, 0.3) is 0 Å². The minimum atomic E-state index is -1.21. The molecule has 5 heteroatoms. The smallest absolute Gasteiger partial charge is 0.331 e. The fourth-order valence-electron chi connectivity index (χ4n) is 1.02. The Labute approximate surface area is 88.4 Å². The zero-order chi connectivity index (χ0) is 11.8. The summed E-state index contributed by atoms with van der Waals surface area (Å²) in [7, 11) is 0. The lowest BCUT2D eigenvalue weighted by Crippen LogP contribution is -2.29. The zero-order valence-corrected chi connectivity index (χ0v) is 8.84. The number of carboxylic acid groups (broad SMARTS) is 1. The van der Waals surface area contributed by atoms with Crippen molar-refractivity contribution in [2.24, 2.45) is 0 Å². The quantitative estimate of drug-likeness (QED) is 0.505. The van der Waals surface area contributed by atoms with Crippen LogP contribution >= 0.6 is 0 Å². The molecule has 2 unspecified atom stereocenters. The number of esters is 1. The summed E-state index contributed by atoms with van der Waals surface area (Å²) in [6.07, 6.45) is 1.20. The molecule has 86 valence electrons. The van der Waals surface area contributed by atoms with Crippen LogP contribution in [0.2, 0.25) is 0 Å². The van der Waals surface area contributed by atoms with Crippen LogP contribution in [0.25, 0.3) is 0 Å². The topological polar surface area (TPSA) is 83.8 Å². The summed E-state index contributed by atoms with van der Waals surface area (Å²) < 4.78 is 4.86. The molecular weight excluding hydrogens is 200 g/mol. The highest BCUT2D eigenvalue weighted by Crippen LogP contribution is 2.08. The van der Waals surface area contributed by atoms with Gasteiger partial charge in [-0.15, -0.1) is 0 Å². The van der Waals surface area contributed by atoms with Crippen molar-refractivity contribution in [2.45, 2.75) is 38.9 Å². The van der Waals surface area contributed by atoms with Crippen LogP contribution in [-0.2, 0) is 14.3 Å². The Bertz CT molecular complexity index is 246. The fourth-order valence-corrected chi connectivity index (χ4v) is 1.02. The number of aliphatic carboxylic acids is 1. The second-order valence-electron chi connectivity index (χ2n) is 3.03. The van der Waals surface area contributed by atoms with Crippen molar-refractivity contribution in [1.29, 1.82) is 0 Å². The van der Waals surface area contributed by atoms with Gasteiger partial charge in [0.05, 0.1) is 6.10 Å². The third kappa shape index (κ3) is 5.85. The maximum Gasteiger partial charge on any atom is 0.331 e. The first-order valence-corrected chi connectivity index (χ1v) is 4.80. The van der Waals surface area contributed by atoms with E-state index in [9.17, 15) is 14.7 Å². The number of carbonyl (C=O) groups excluding carboxylic acids is 1. The average molecular weight is 216 g/mol. The molecule has 0 bridgehead atoms. The van der Waals surface area contributed by atoms with Crippen LogP contribution in [0.15, 0.2) is 12.2 Å². The van der Waals surface area contributed by atoms with E-state index >= 15 is 0 Å². The highest BCUT2D eigenvalue weighted by atomic mass is 16.6. The monoisotopic (exact) mass is 216 g/mol. The molecule has 0 rings (SSSR count). The predicted octanol–water partition coefficient (Wildman–Crippen LogP) is 0.720. The number of ether oxygens (including phenoxy) is 1. The summed E-state index contributed by atoms with van der Waals surface area (Å²) in [6.45, 7) is 3.55. The van der Waals surface area contributed by atoms with Crippen molar-refractivity contribution < 1.29 is 24.5 Å². The molecule has 2 N–H and O–H groups in total. The number of hydrogen-bond donors (Lipinski definition) is 2. The largest absolute Gasteiger partial charge is 0.478 e. The summed E-state index contributed by atoms with van der Waals surface area (Å²) in [5.41, 5.74) is 0. The van der Waals surface area contributed by atoms with E-state index in [1.54, 1.807) is 13.8 Å². The van der Waals surface area contributed by atoms with E-state index in [2.05, 4.69) is 0 Å². The molecule has 0 aliphatic heterocycles. The van der Waals surface area contributed by atoms with Gasteiger partial charge < -0.3 is 14.9 Å². The molecular formula is C10H16O5. The van der Waals surface area contributed by atoms with Crippen LogP contribution in [0.3, 0.4) is 0 Å². The van der Waals surface area contributed by atoms with E-state index in [0.717, 1.165) is 6.08 Å². The SMILES string of the molecule is CCC(O)C(CC)OC(=O)C=CC(=O)O. The number of hydrogen-bond acceptors (Lipinski definition) is 4. The van der Waals surface area contributed by atoms with Crippen molar-refractivity contribution in [3.8, 4) is 0 Å². The lowest BCUT2D eigenvalue weighted by Gasteiger charge is -2.19. The van der Waals surface area contributed by atoms with Gasteiger partial charge in [0.2, 0.25) is 0 Å². The molecule has 5 nitrogen and oxygen atoms in total. The first kappa shape index (κ1) is 13.6. The molecule has 0 amide bonds. The van der Waals surface area contributed by atoms with Gasteiger partial charge in [-0.1, -0.05) is 13.8 Å². The summed E-state index contributed by atoms with van der Waals surface area (Å²) >= 11 is 0. The molecule has 0 aromatic carbocycles. The van der Waals surface area contributed by atoms with Crippen molar-refractivity contribution in [1.82, 2.24) is 0 Å². The van der Waals surface area contributed by atoms with Crippen molar-refractivity contribution >= 4 is 11.9 Å². The molecule has 0 aromatic rings. The Morgan fingerprint density at radius 2 is 1.87 bits per heavy atom. The van der Waals surface area contributed by atoms with Gasteiger partial charge in [0.15, 0.2) is 0 Å². The van der Waals surface area contributed by atoms with Crippen LogP contribution in [-0.4, -0.2) is 34.4 Å². The molecule has 0 heterocycles. The van der Waals surface area contributed by atoms with E-state index in [0.29, 0.717) is 18.9 Å². The van der Waals surface area contributed by atoms with Crippen LogP contribution in [0, 0.1) is 0 Å². The molecule has 0 saturated heterocycles. The molecule has 0 aliphatic rings. The highest BCUT2D eigenvalue weighted by molar-refractivity contribution is 5.90. The number of aliphatic hydroxyl groups is 1. The Balaban J connectivity index is 4.18. The molecule has 0 spiro atoms. The van der Waals surface area contributed by atoms with Gasteiger partial charge in [0, 0.05) is 12.2 Å². The molecule has 0 aliphatic carbocycles. The first-order valence-electron chi connectivity index (χ1n) is 4.80. The normalized spacial score (nSPS) is 14.9. The maximum absolute atomic E-state index is 11.1. The van der Waals surface area contributed by atoms with Crippen LogP contribution < -0.4 is 0 Å². The molecule has 0 saturated carbocycles. The summed E-state index contributed by atoms with van der Waals surface area (Å²) in [4.78, 5) is 21.2. The van der Waals surface area contributed by atoms with E-state index < -0.39 is 24.1 Å². The third-order valence-electron chi connectivity index (χ3n) is 1.88. The van der Waals surface area contributed by atoms with Gasteiger partial charge in [-0.3, -0.25) is 0 Å². The van der Waals surface area contributed by atoms with E-state index in [4.69, 9.17) is 9.84 Å². The standard InChI is InChI=1S/C10H16O5/c1-3-7(11)8(4-2)15-10(14)6-5-9(12)13/h5-8,11H,3-4H2,1-2H3,(H,12,13). The van der Waals surface area contributed by atoms with Crippen LogP contribution in [0.5, 0.6) is 0 Å². The first-order chi connectivity index (χ1) is 7.01. The minimum absolute atomic E-state index is 0.481. The predicted molar refractivity (Wildman–Crippen MR) is 53.2 cm³/mol. The van der Waals surface area contributed by atoms with Gasteiger partial charge in [-0.2, -0.15) is 0 Å². The maximum atomic E-state index is 11.1. The Morgan fingerprint density at radius 1 is 1.27 bits per heavy atom. The molecule has 0 radical (unpaired) electrons. The van der Waals surface area contributed by atoms with Crippen molar-refractivity contribution in [2.75, 3.05) is 0 Å². The van der Waals surface area contributed by atoms with Crippen LogP contribution in [0.1, 0.15) is 26.7 Å². The fraction of sp³-hybridized carbons (Fsp3) is 0.600. The van der Waals surface area contributed by atoms with Gasteiger partial charge in [0.1, 0.15) is 6.10 Å². The number of carbonyl (C=O) groups is 2. The molecule has 15 heavy (non-hydrogen) atoms. The van der Waals surface area contributed by atoms with Crippen molar-refractivity contribution in [3.63, 3.8) is 0 Å². The molecule has 0 aromatic heterocycles. The highest BCUT2D eigenvalue weighted by Gasteiger charge is 2.18. The summed E-state index contributed by atoms with van der Waals surface area (Å²) in [6, 6.07) is 0. The van der Waals surface area contributed by atoms with E-state index in [1.807, 2.05) is 0 Å². The lowest BCUT2D eigenvalue weighted by molar-refractivity contribution is -0.149. The van der Waals surface area contributed by atoms with Gasteiger partial charge in [-0.05, 0) is 12.8 Å². The minimum Gasteiger partial charge on any atom is -0.478 e. The molecule has 2 atom stereocenters. The second kappa shape index (κ2) is 7.00. The number of aliphatic hydroxyl groups excluding tert-OH is 1. The summed E-state index contributed by atoms with van der Waals surface area (Å²) in [5, 5.41) is 17.7. The molecule has 0 fully saturated rings. The third-order valence-corrected chi connectivity index (χ3v) is 1.88. The number of rotatable bonds is 6. The lowest BCUT2D eigenvalue weighted by atomic mass is 10.1. The Hall–Kier alpha value is -1.36.